The standard InChI is InChI=1S/C17H26Br2O/c1-15(2)8-10-20-11-9-17(13-18,14-19)12-16-6-4-3-5-7-16/h3-7,15H,8-14H2,1-2H3. The van der Waals surface area contributed by atoms with E-state index in [-0.39, 0.29) is 5.41 Å². The van der Waals surface area contributed by atoms with Crippen molar-refractivity contribution in [1.29, 1.82) is 0 Å². The van der Waals surface area contributed by atoms with Gasteiger partial charge >= 0.3 is 0 Å². The van der Waals surface area contributed by atoms with Crippen LogP contribution in [0.3, 0.4) is 0 Å². The summed E-state index contributed by atoms with van der Waals surface area (Å²) in [6, 6.07) is 10.7. The molecule has 20 heavy (non-hydrogen) atoms. The van der Waals surface area contributed by atoms with Gasteiger partial charge in [0.25, 0.3) is 0 Å². The van der Waals surface area contributed by atoms with Gasteiger partial charge in [0.05, 0.1) is 0 Å². The third-order valence-corrected chi connectivity index (χ3v) is 5.98. The molecule has 0 fully saturated rings. The average molecular weight is 406 g/mol. The summed E-state index contributed by atoms with van der Waals surface area (Å²) in [5.41, 5.74) is 1.63. The summed E-state index contributed by atoms with van der Waals surface area (Å²) in [6.07, 6.45) is 3.31. The molecule has 0 bridgehead atoms. The summed E-state index contributed by atoms with van der Waals surface area (Å²) in [5.74, 6) is 0.719. The van der Waals surface area contributed by atoms with Crippen LogP contribution in [0, 0.1) is 11.3 Å². The highest BCUT2D eigenvalue weighted by Crippen LogP contribution is 2.32. The van der Waals surface area contributed by atoms with Gasteiger partial charge in [-0.15, -0.1) is 0 Å². The molecule has 1 rings (SSSR count). The van der Waals surface area contributed by atoms with E-state index in [0.717, 1.165) is 49.1 Å². The predicted octanol–water partition coefficient (Wildman–Crippen LogP) is 5.46. The fraction of sp³-hybridized carbons (Fsp3) is 0.647. The molecule has 0 atom stereocenters. The zero-order valence-corrected chi connectivity index (χ0v) is 15.8. The lowest BCUT2D eigenvalue weighted by molar-refractivity contribution is 0.0984. The fourth-order valence-corrected chi connectivity index (χ4v) is 3.98. The number of hydrogen-bond donors (Lipinski definition) is 0. The molecule has 1 aromatic carbocycles. The van der Waals surface area contributed by atoms with E-state index < -0.39 is 0 Å². The molecule has 0 aromatic heterocycles. The molecule has 0 aliphatic carbocycles. The lowest BCUT2D eigenvalue weighted by atomic mass is 9.83. The monoisotopic (exact) mass is 404 g/mol. The third kappa shape index (κ3) is 6.73. The van der Waals surface area contributed by atoms with Crippen LogP contribution >= 0.6 is 31.9 Å². The number of hydrogen-bond acceptors (Lipinski definition) is 1. The zero-order valence-electron chi connectivity index (χ0n) is 12.6. The maximum absolute atomic E-state index is 5.80. The van der Waals surface area contributed by atoms with E-state index in [0.29, 0.717) is 0 Å². The first kappa shape index (κ1) is 18.2. The van der Waals surface area contributed by atoms with Gasteiger partial charge in [-0.05, 0) is 36.2 Å². The summed E-state index contributed by atoms with van der Waals surface area (Å²) in [5, 5.41) is 1.99. The highest BCUT2D eigenvalue weighted by atomic mass is 79.9. The van der Waals surface area contributed by atoms with Gasteiger partial charge in [0, 0.05) is 23.9 Å². The Balaban J connectivity index is 2.45. The van der Waals surface area contributed by atoms with Crippen LogP contribution in [0.5, 0.6) is 0 Å². The molecule has 0 saturated heterocycles. The van der Waals surface area contributed by atoms with Crippen LogP contribution in [0.25, 0.3) is 0 Å². The summed E-state index contributed by atoms with van der Waals surface area (Å²) in [4.78, 5) is 0. The lowest BCUT2D eigenvalue weighted by Crippen LogP contribution is -2.29. The average Bonchev–Trinajstić information content (AvgIpc) is 2.46. The summed E-state index contributed by atoms with van der Waals surface area (Å²) in [6.45, 7) is 6.19. The largest absolute Gasteiger partial charge is 0.381 e. The Hall–Kier alpha value is 0.140. The summed E-state index contributed by atoms with van der Waals surface area (Å²) < 4.78 is 5.80. The molecule has 0 aliphatic heterocycles. The van der Waals surface area contributed by atoms with E-state index in [1.807, 2.05) is 0 Å². The molecule has 0 aliphatic rings. The van der Waals surface area contributed by atoms with Gasteiger partial charge in [0.1, 0.15) is 0 Å². The minimum Gasteiger partial charge on any atom is -0.381 e. The number of rotatable bonds is 10. The molecule has 1 nitrogen and oxygen atoms in total. The third-order valence-electron chi connectivity index (χ3n) is 3.61. The van der Waals surface area contributed by atoms with Crippen LogP contribution in [0.4, 0.5) is 0 Å². The molecular weight excluding hydrogens is 380 g/mol. The van der Waals surface area contributed by atoms with Crippen molar-refractivity contribution in [3.8, 4) is 0 Å². The first-order valence-electron chi connectivity index (χ1n) is 7.35. The van der Waals surface area contributed by atoms with Crippen molar-refractivity contribution in [3.05, 3.63) is 35.9 Å². The van der Waals surface area contributed by atoms with Crippen LogP contribution in [0.1, 0.15) is 32.3 Å². The van der Waals surface area contributed by atoms with E-state index in [9.17, 15) is 0 Å². The van der Waals surface area contributed by atoms with Crippen molar-refractivity contribution >= 4 is 31.9 Å². The number of alkyl halides is 2. The van der Waals surface area contributed by atoms with E-state index in [1.165, 1.54) is 5.56 Å². The molecule has 114 valence electrons. The van der Waals surface area contributed by atoms with E-state index in [1.54, 1.807) is 0 Å². The Morgan fingerprint density at radius 3 is 2.25 bits per heavy atom. The first-order chi connectivity index (χ1) is 9.62. The molecule has 0 N–H and O–H groups in total. The predicted molar refractivity (Wildman–Crippen MR) is 95.1 cm³/mol. The molecular formula is C17H26Br2O. The second-order valence-electron chi connectivity index (χ2n) is 5.97. The maximum Gasteiger partial charge on any atom is 0.0472 e. The van der Waals surface area contributed by atoms with Gasteiger partial charge in [0.2, 0.25) is 0 Å². The van der Waals surface area contributed by atoms with Gasteiger partial charge in [-0.25, -0.2) is 0 Å². The maximum atomic E-state index is 5.80. The highest BCUT2D eigenvalue weighted by molar-refractivity contribution is 9.09. The van der Waals surface area contributed by atoms with E-state index in [4.69, 9.17) is 4.74 Å². The Kier molecular flexibility index (Phi) is 9.06. The Morgan fingerprint density at radius 2 is 1.70 bits per heavy atom. The topological polar surface area (TPSA) is 9.23 Å². The highest BCUT2D eigenvalue weighted by Gasteiger charge is 2.28. The van der Waals surface area contributed by atoms with Gasteiger partial charge < -0.3 is 4.74 Å². The van der Waals surface area contributed by atoms with Crippen LogP contribution in [-0.2, 0) is 11.2 Å². The van der Waals surface area contributed by atoms with Crippen LogP contribution in [-0.4, -0.2) is 23.9 Å². The van der Waals surface area contributed by atoms with Crippen LogP contribution in [0.15, 0.2) is 30.3 Å². The van der Waals surface area contributed by atoms with Crippen molar-refractivity contribution in [2.75, 3.05) is 23.9 Å². The zero-order chi connectivity index (χ0) is 14.8. The molecule has 0 spiro atoms. The molecule has 0 saturated carbocycles. The van der Waals surface area contributed by atoms with Gasteiger partial charge in [-0.3, -0.25) is 0 Å². The minimum atomic E-state index is 0.235. The van der Waals surface area contributed by atoms with Crippen LogP contribution in [0.2, 0.25) is 0 Å². The van der Waals surface area contributed by atoms with E-state index in [2.05, 4.69) is 76.0 Å². The lowest BCUT2D eigenvalue weighted by Gasteiger charge is -2.30. The second-order valence-corrected chi connectivity index (χ2v) is 7.10. The fourth-order valence-electron chi connectivity index (χ4n) is 2.09. The molecule has 3 heteroatoms. The van der Waals surface area contributed by atoms with Crippen molar-refractivity contribution < 1.29 is 4.74 Å². The van der Waals surface area contributed by atoms with Crippen molar-refractivity contribution in [1.82, 2.24) is 0 Å². The normalized spacial score (nSPS) is 12.1. The van der Waals surface area contributed by atoms with Crippen LogP contribution < -0.4 is 0 Å². The smallest absolute Gasteiger partial charge is 0.0472 e. The van der Waals surface area contributed by atoms with Crippen molar-refractivity contribution in [2.24, 2.45) is 11.3 Å². The number of ether oxygens (including phenoxy) is 1. The number of halogens is 2. The molecule has 1 aromatic rings. The van der Waals surface area contributed by atoms with Gasteiger partial charge in [0.15, 0.2) is 0 Å². The molecule has 0 unspecified atom stereocenters. The van der Waals surface area contributed by atoms with Gasteiger partial charge in [-0.1, -0.05) is 76.0 Å². The van der Waals surface area contributed by atoms with Gasteiger partial charge in [-0.2, -0.15) is 0 Å². The van der Waals surface area contributed by atoms with Crippen molar-refractivity contribution in [3.63, 3.8) is 0 Å². The SMILES string of the molecule is CC(C)CCOCCC(CBr)(CBr)Cc1ccccc1. The first-order valence-corrected chi connectivity index (χ1v) is 9.60. The Bertz CT molecular complexity index is 347. The summed E-state index contributed by atoms with van der Waals surface area (Å²) >= 11 is 7.40. The molecule has 0 radical (unpaired) electrons. The molecule has 0 heterocycles. The molecule has 0 amide bonds. The summed E-state index contributed by atoms with van der Waals surface area (Å²) in [7, 11) is 0. The minimum absolute atomic E-state index is 0.235. The second kappa shape index (κ2) is 9.97. The number of benzene rings is 1. The van der Waals surface area contributed by atoms with Crippen molar-refractivity contribution in [2.45, 2.75) is 33.1 Å². The Labute approximate surface area is 140 Å². The quantitative estimate of drug-likeness (QED) is 0.371. The van der Waals surface area contributed by atoms with E-state index >= 15 is 0 Å². The Morgan fingerprint density at radius 1 is 1.05 bits per heavy atom.